The van der Waals surface area contributed by atoms with Crippen molar-refractivity contribution in [2.24, 2.45) is 56.7 Å². The minimum atomic E-state index is -0.611. The van der Waals surface area contributed by atoms with Gasteiger partial charge in [-0.05, 0) is 154 Å². The van der Waals surface area contributed by atoms with Gasteiger partial charge in [-0.1, -0.05) is 52.8 Å². The molecule has 1 unspecified atom stereocenters. The van der Waals surface area contributed by atoms with Crippen molar-refractivity contribution in [2.75, 3.05) is 13.2 Å². The van der Waals surface area contributed by atoms with Gasteiger partial charge in [0.05, 0.1) is 6.61 Å². The minimum absolute atomic E-state index is 0.0242. The van der Waals surface area contributed by atoms with Crippen LogP contribution in [-0.2, 0) is 23.8 Å². The van der Waals surface area contributed by atoms with Crippen molar-refractivity contribution in [3.05, 3.63) is 35.9 Å². The molecular weight excluding hydrogens is 680 g/mol. The number of hydrogen-bond acceptors (Lipinski definition) is 8. The summed E-state index contributed by atoms with van der Waals surface area (Å²) >= 11 is 0. The van der Waals surface area contributed by atoms with E-state index in [9.17, 15) is 14.4 Å². The molecule has 1 aliphatic heterocycles. The minimum Gasteiger partial charge on any atom is -0.458 e. The molecule has 0 spiro atoms. The first-order chi connectivity index (χ1) is 25.5. The molecule has 5 saturated carbocycles. The summed E-state index contributed by atoms with van der Waals surface area (Å²) in [7, 11) is 0. The average molecular weight is 747 g/mol. The Morgan fingerprint density at radius 1 is 0.796 bits per heavy atom. The van der Waals surface area contributed by atoms with E-state index in [4.69, 9.17) is 23.7 Å². The molecular formula is C46H66O8. The van der Waals surface area contributed by atoms with Crippen LogP contribution in [0.5, 0.6) is 11.5 Å². The summed E-state index contributed by atoms with van der Waals surface area (Å²) in [5.41, 5.74) is 1.93. The van der Waals surface area contributed by atoms with Crippen LogP contribution in [0.25, 0.3) is 0 Å². The van der Waals surface area contributed by atoms with Gasteiger partial charge in [0.15, 0.2) is 17.8 Å². The Balaban J connectivity index is 1.12. The van der Waals surface area contributed by atoms with Gasteiger partial charge in [-0.3, -0.25) is 9.59 Å². The molecule has 6 aliphatic rings. The van der Waals surface area contributed by atoms with Crippen molar-refractivity contribution in [3.8, 4) is 11.5 Å². The number of carbonyl (C=O) groups excluding carboxylic acids is 3. The van der Waals surface area contributed by atoms with Crippen LogP contribution in [0.3, 0.4) is 0 Å². The van der Waals surface area contributed by atoms with Crippen LogP contribution < -0.4 is 9.47 Å². The lowest BCUT2D eigenvalue weighted by Crippen LogP contribution is -2.67. The van der Waals surface area contributed by atoms with Gasteiger partial charge < -0.3 is 23.7 Å². The summed E-state index contributed by atoms with van der Waals surface area (Å²) in [4.78, 5) is 37.8. The number of carbonyl (C=O) groups is 3. The van der Waals surface area contributed by atoms with Gasteiger partial charge >= 0.3 is 17.9 Å². The van der Waals surface area contributed by atoms with Crippen LogP contribution in [0.2, 0.25) is 0 Å². The predicted molar refractivity (Wildman–Crippen MR) is 207 cm³/mol. The Labute approximate surface area is 323 Å². The molecule has 6 fully saturated rings. The van der Waals surface area contributed by atoms with E-state index in [1.165, 1.54) is 76.9 Å². The van der Waals surface area contributed by atoms with Gasteiger partial charge in [0.25, 0.3) is 0 Å². The molecule has 7 rings (SSSR count). The van der Waals surface area contributed by atoms with E-state index in [1.54, 1.807) is 12.1 Å². The molecule has 298 valence electrons. The van der Waals surface area contributed by atoms with Gasteiger partial charge in [0.2, 0.25) is 0 Å². The van der Waals surface area contributed by atoms with E-state index >= 15 is 0 Å². The zero-order chi connectivity index (χ0) is 38.8. The summed E-state index contributed by atoms with van der Waals surface area (Å²) in [5, 5.41) is 0. The van der Waals surface area contributed by atoms with Crippen molar-refractivity contribution in [1.29, 1.82) is 0 Å². The van der Waals surface area contributed by atoms with Crippen molar-refractivity contribution in [3.63, 3.8) is 0 Å². The molecule has 1 aromatic carbocycles. The quantitative estimate of drug-likeness (QED) is 0.147. The SMILES string of the molecule is C=C(C)[C@@H]1CC[C@]2(COC3CCCCO3)CC[C@]3(C)[C@H](CC[C@@H]4[C@@]5(C)CC[C@H](OC(=O)c6cccc(OC(C)=O)c6OC(C)=O)C(C)(C)[C@@H]5CC[C@]43C)[C@@H]12. The first-order valence-electron chi connectivity index (χ1n) is 21.1. The Morgan fingerprint density at radius 2 is 1.56 bits per heavy atom. The topological polar surface area (TPSA) is 97.4 Å². The molecule has 1 aromatic rings. The first kappa shape index (κ1) is 39.5. The largest absolute Gasteiger partial charge is 0.458 e. The number of allylic oxidation sites excluding steroid dienone is 1. The van der Waals surface area contributed by atoms with Crippen LogP contribution in [-0.4, -0.2) is 43.5 Å². The third kappa shape index (κ3) is 6.37. The smallest absolute Gasteiger partial charge is 0.342 e. The van der Waals surface area contributed by atoms with Gasteiger partial charge in [-0.15, -0.1) is 0 Å². The Bertz CT molecular complexity index is 1640. The Hall–Kier alpha value is -2.71. The van der Waals surface area contributed by atoms with Gasteiger partial charge in [-0.25, -0.2) is 4.79 Å². The van der Waals surface area contributed by atoms with Crippen LogP contribution in [0.4, 0.5) is 0 Å². The van der Waals surface area contributed by atoms with E-state index in [2.05, 4.69) is 48.1 Å². The van der Waals surface area contributed by atoms with Crippen molar-refractivity contribution in [2.45, 2.75) is 151 Å². The average Bonchev–Trinajstić information content (AvgIpc) is 3.50. The van der Waals surface area contributed by atoms with Crippen molar-refractivity contribution < 1.29 is 38.1 Å². The molecule has 1 saturated heterocycles. The van der Waals surface area contributed by atoms with E-state index in [-0.39, 0.29) is 56.5 Å². The fourth-order valence-corrected chi connectivity index (χ4v) is 14.2. The molecule has 0 bridgehead atoms. The lowest BCUT2D eigenvalue weighted by Gasteiger charge is -2.73. The van der Waals surface area contributed by atoms with Crippen LogP contribution >= 0.6 is 0 Å². The summed E-state index contributed by atoms with van der Waals surface area (Å²) in [6.07, 6.45) is 14.5. The summed E-state index contributed by atoms with van der Waals surface area (Å²) < 4.78 is 29.9. The second-order valence-corrected chi connectivity index (χ2v) is 19.7. The highest BCUT2D eigenvalue weighted by Crippen LogP contribution is 2.77. The standard InChI is InChI=1S/C46H66O8/c1-28(2)31-18-23-46(27-51-38-15-10-11-26-50-38)25-24-44(8)33(39(31)46)16-17-36-43(7)21-20-37(42(5,6)35(43)19-22-45(36,44)9)54-41(49)32-13-12-14-34(52-29(3)47)40(32)53-30(4)48/h12-14,31,33,35-39H,1,10-11,15-27H2,2-9H3/t31-,33+,35-,36+,37-,38?,39+,43-,44+,45+,46+/m0/s1. The Morgan fingerprint density at radius 3 is 2.24 bits per heavy atom. The molecule has 0 radical (unpaired) electrons. The highest BCUT2D eigenvalue weighted by atomic mass is 16.7. The molecule has 0 aromatic heterocycles. The molecule has 0 N–H and O–H groups in total. The molecule has 5 aliphatic carbocycles. The van der Waals surface area contributed by atoms with Gasteiger partial charge in [-0.2, -0.15) is 0 Å². The highest BCUT2D eigenvalue weighted by Gasteiger charge is 2.71. The zero-order valence-corrected chi connectivity index (χ0v) is 34.4. The van der Waals surface area contributed by atoms with E-state index in [1.807, 2.05) is 0 Å². The summed E-state index contributed by atoms with van der Waals surface area (Å²) in [6, 6.07) is 4.69. The number of hydrogen-bond donors (Lipinski definition) is 0. The predicted octanol–water partition coefficient (Wildman–Crippen LogP) is 10.3. The van der Waals surface area contributed by atoms with Crippen LogP contribution in [0.1, 0.15) is 149 Å². The molecule has 54 heavy (non-hydrogen) atoms. The third-order valence-electron chi connectivity index (χ3n) is 16.8. The van der Waals surface area contributed by atoms with Crippen molar-refractivity contribution in [1.82, 2.24) is 0 Å². The lowest BCUT2D eigenvalue weighted by atomic mass is 9.32. The van der Waals surface area contributed by atoms with Crippen LogP contribution in [0.15, 0.2) is 30.4 Å². The monoisotopic (exact) mass is 746 g/mol. The third-order valence-corrected chi connectivity index (χ3v) is 16.8. The maximum atomic E-state index is 13.9. The summed E-state index contributed by atoms with van der Waals surface area (Å²) in [6.45, 7) is 23.5. The fourth-order valence-electron chi connectivity index (χ4n) is 14.2. The number of para-hydroxylation sites is 1. The van der Waals surface area contributed by atoms with Gasteiger partial charge in [0, 0.05) is 25.9 Å². The maximum absolute atomic E-state index is 13.9. The maximum Gasteiger partial charge on any atom is 0.342 e. The molecule has 1 heterocycles. The van der Waals surface area contributed by atoms with Gasteiger partial charge in [0.1, 0.15) is 11.7 Å². The number of rotatable bonds is 8. The number of ether oxygens (including phenoxy) is 5. The number of fused-ring (bicyclic) bond motifs is 7. The summed E-state index contributed by atoms with van der Waals surface area (Å²) in [5.74, 6) is 0.966. The van der Waals surface area contributed by atoms with Crippen molar-refractivity contribution >= 4 is 17.9 Å². The Kier molecular flexibility index (Phi) is 10.5. The van der Waals surface area contributed by atoms with E-state index in [0.717, 1.165) is 45.3 Å². The normalized spacial score (nSPS) is 40.9. The van der Waals surface area contributed by atoms with E-state index in [0.29, 0.717) is 29.6 Å². The number of benzene rings is 1. The van der Waals surface area contributed by atoms with E-state index < -0.39 is 17.9 Å². The number of esters is 3. The second-order valence-electron chi connectivity index (χ2n) is 19.7. The zero-order valence-electron chi connectivity index (χ0n) is 34.4. The molecule has 0 amide bonds. The molecule has 8 nitrogen and oxygen atoms in total. The second kappa shape index (κ2) is 14.3. The fraction of sp³-hybridized carbons (Fsp3) is 0.761. The van der Waals surface area contributed by atoms with Crippen LogP contribution in [0, 0.1) is 56.7 Å². The first-order valence-corrected chi connectivity index (χ1v) is 21.1. The highest BCUT2D eigenvalue weighted by molar-refractivity contribution is 5.95. The molecule has 11 atom stereocenters. The lowest BCUT2D eigenvalue weighted by molar-refractivity contribution is -0.255. The molecule has 8 heteroatoms.